The van der Waals surface area contributed by atoms with E-state index >= 15 is 0 Å². The molecule has 17 heavy (non-hydrogen) atoms. The van der Waals surface area contributed by atoms with Crippen LogP contribution in [0.2, 0.25) is 0 Å². The van der Waals surface area contributed by atoms with Crippen LogP contribution in [0.15, 0.2) is 30.5 Å². The highest BCUT2D eigenvalue weighted by atomic mass is 19.1. The average Bonchev–Trinajstić information content (AvgIpc) is 2.77. The lowest BCUT2D eigenvalue weighted by atomic mass is 10.0. The van der Waals surface area contributed by atoms with Crippen LogP contribution >= 0.6 is 0 Å². The van der Waals surface area contributed by atoms with Crippen molar-refractivity contribution in [1.29, 1.82) is 0 Å². The molecule has 4 heteroatoms. The normalized spacial score (nSPS) is 11.1. The van der Waals surface area contributed by atoms with E-state index in [-0.39, 0.29) is 18.5 Å². The van der Waals surface area contributed by atoms with Gasteiger partial charge in [-0.05, 0) is 26.0 Å². The molecule has 1 heterocycles. The van der Waals surface area contributed by atoms with Gasteiger partial charge in [-0.3, -0.25) is 4.68 Å². The number of aliphatic hydroxyl groups excluding tert-OH is 1. The monoisotopic (exact) mass is 234 g/mol. The van der Waals surface area contributed by atoms with Crippen LogP contribution in [0.4, 0.5) is 4.39 Å². The first-order valence-corrected chi connectivity index (χ1v) is 5.57. The Morgan fingerprint density at radius 2 is 2.12 bits per heavy atom. The minimum atomic E-state index is -0.387. The highest BCUT2D eigenvalue weighted by Crippen LogP contribution is 2.27. The van der Waals surface area contributed by atoms with Gasteiger partial charge in [0.25, 0.3) is 0 Å². The summed E-state index contributed by atoms with van der Waals surface area (Å²) >= 11 is 0. The summed E-state index contributed by atoms with van der Waals surface area (Å²) in [5.74, 6) is -0.387. The number of nitrogens with zero attached hydrogens (tertiary/aromatic N) is 2. The first-order chi connectivity index (χ1) is 8.15. The molecule has 0 aliphatic heterocycles. The summed E-state index contributed by atoms with van der Waals surface area (Å²) in [7, 11) is 0. The third-order valence-corrected chi connectivity index (χ3v) is 2.71. The molecule has 1 aromatic heterocycles. The summed E-state index contributed by atoms with van der Waals surface area (Å²) in [6, 6.07) is 6.81. The molecule has 2 aromatic rings. The Kier molecular flexibility index (Phi) is 3.24. The van der Waals surface area contributed by atoms with Crippen LogP contribution in [0, 0.1) is 5.82 Å². The van der Waals surface area contributed by atoms with Crippen molar-refractivity contribution in [1.82, 2.24) is 9.78 Å². The smallest absolute Gasteiger partial charge is 0.129 e. The average molecular weight is 234 g/mol. The van der Waals surface area contributed by atoms with Gasteiger partial charge in [-0.1, -0.05) is 12.1 Å². The lowest BCUT2D eigenvalue weighted by molar-refractivity contribution is 0.276. The first-order valence-electron chi connectivity index (χ1n) is 5.57. The zero-order valence-corrected chi connectivity index (χ0v) is 9.89. The van der Waals surface area contributed by atoms with Crippen LogP contribution in [-0.2, 0) is 6.61 Å². The van der Waals surface area contributed by atoms with Crippen molar-refractivity contribution < 1.29 is 9.50 Å². The van der Waals surface area contributed by atoms with Crippen LogP contribution in [0.5, 0.6) is 0 Å². The minimum absolute atomic E-state index is 0.190. The van der Waals surface area contributed by atoms with E-state index in [4.69, 9.17) is 0 Å². The van der Waals surface area contributed by atoms with Crippen LogP contribution in [0.25, 0.3) is 11.3 Å². The first kappa shape index (κ1) is 11.8. The van der Waals surface area contributed by atoms with Gasteiger partial charge in [-0.2, -0.15) is 5.10 Å². The summed E-state index contributed by atoms with van der Waals surface area (Å²) < 4.78 is 15.4. The highest BCUT2D eigenvalue weighted by molar-refractivity contribution is 5.64. The number of hydrogen-bond acceptors (Lipinski definition) is 2. The summed E-state index contributed by atoms with van der Waals surface area (Å²) in [5.41, 5.74) is 1.83. The maximum Gasteiger partial charge on any atom is 0.129 e. The number of benzene rings is 1. The quantitative estimate of drug-likeness (QED) is 0.886. The lowest BCUT2D eigenvalue weighted by Crippen LogP contribution is -2.06. The van der Waals surface area contributed by atoms with E-state index in [1.807, 2.05) is 24.6 Å². The second-order valence-electron chi connectivity index (χ2n) is 4.18. The zero-order valence-electron chi connectivity index (χ0n) is 9.89. The van der Waals surface area contributed by atoms with Gasteiger partial charge < -0.3 is 5.11 Å². The minimum Gasteiger partial charge on any atom is -0.392 e. The standard InChI is InChI=1S/C13H15FN2O/c1-9(2)16-13(6-7-15-16)10-4-3-5-12(14)11(10)8-17/h3-7,9,17H,8H2,1-2H3. The van der Waals surface area contributed by atoms with E-state index in [0.717, 1.165) is 5.69 Å². The largest absolute Gasteiger partial charge is 0.392 e. The third kappa shape index (κ3) is 2.08. The number of aromatic nitrogens is 2. The predicted molar refractivity (Wildman–Crippen MR) is 63.9 cm³/mol. The van der Waals surface area contributed by atoms with Gasteiger partial charge in [0.2, 0.25) is 0 Å². The number of rotatable bonds is 3. The van der Waals surface area contributed by atoms with Gasteiger partial charge in [-0.15, -0.1) is 0 Å². The fraction of sp³-hybridized carbons (Fsp3) is 0.308. The molecule has 0 aliphatic carbocycles. The van der Waals surface area contributed by atoms with E-state index in [9.17, 15) is 9.50 Å². The fourth-order valence-electron chi connectivity index (χ4n) is 1.90. The molecule has 0 unspecified atom stereocenters. The van der Waals surface area contributed by atoms with E-state index in [2.05, 4.69) is 5.10 Å². The number of aliphatic hydroxyl groups is 1. The van der Waals surface area contributed by atoms with Gasteiger partial charge >= 0.3 is 0 Å². The Hall–Kier alpha value is -1.68. The van der Waals surface area contributed by atoms with Crippen molar-refractivity contribution in [3.63, 3.8) is 0 Å². The summed E-state index contributed by atoms with van der Waals surface area (Å²) in [4.78, 5) is 0. The Balaban J connectivity index is 2.60. The maximum atomic E-state index is 13.6. The molecule has 0 fully saturated rings. The molecule has 0 spiro atoms. The molecule has 0 saturated heterocycles. The summed E-state index contributed by atoms with van der Waals surface area (Å²) in [6.45, 7) is 3.70. The molecular formula is C13H15FN2O. The third-order valence-electron chi connectivity index (χ3n) is 2.71. The van der Waals surface area contributed by atoms with Gasteiger partial charge in [0.15, 0.2) is 0 Å². The molecule has 2 rings (SSSR count). The second kappa shape index (κ2) is 4.67. The van der Waals surface area contributed by atoms with Gasteiger partial charge in [-0.25, -0.2) is 4.39 Å². The Morgan fingerprint density at radius 1 is 1.35 bits per heavy atom. The van der Waals surface area contributed by atoms with Crippen molar-refractivity contribution in [2.24, 2.45) is 0 Å². The van der Waals surface area contributed by atoms with Gasteiger partial charge in [0.1, 0.15) is 5.82 Å². The second-order valence-corrected chi connectivity index (χ2v) is 4.18. The SMILES string of the molecule is CC(C)n1nccc1-c1cccc(F)c1CO. The van der Waals surface area contributed by atoms with Crippen molar-refractivity contribution in [2.45, 2.75) is 26.5 Å². The molecule has 3 nitrogen and oxygen atoms in total. The molecule has 1 N–H and O–H groups in total. The Morgan fingerprint density at radius 3 is 2.76 bits per heavy atom. The van der Waals surface area contributed by atoms with Crippen LogP contribution in [0.3, 0.4) is 0 Å². The summed E-state index contributed by atoms with van der Waals surface area (Å²) in [5, 5.41) is 13.5. The fourth-order valence-corrected chi connectivity index (χ4v) is 1.90. The Labute approximate surface area is 99.5 Å². The molecule has 0 atom stereocenters. The predicted octanol–water partition coefficient (Wildman–Crippen LogP) is 2.76. The molecule has 0 saturated carbocycles. The molecule has 0 aliphatic rings. The molecule has 0 amide bonds. The van der Waals surface area contributed by atoms with Crippen molar-refractivity contribution >= 4 is 0 Å². The van der Waals surface area contributed by atoms with E-state index < -0.39 is 0 Å². The number of hydrogen-bond donors (Lipinski definition) is 1. The Bertz CT molecular complexity index is 520. The van der Waals surface area contributed by atoms with Crippen molar-refractivity contribution in [3.05, 3.63) is 41.8 Å². The van der Waals surface area contributed by atoms with Crippen LogP contribution < -0.4 is 0 Å². The van der Waals surface area contributed by atoms with Gasteiger partial charge in [0, 0.05) is 23.4 Å². The van der Waals surface area contributed by atoms with Crippen molar-refractivity contribution in [2.75, 3.05) is 0 Å². The molecule has 0 bridgehead atoms. The van der Waals surface area contributed by atoms with Crippen LogP contribution in [0.1, 0.15) is 25.5 Å². The van der Waals surface area contributed by atoms with Gasteiger partial charge in [0.05, 0.1) is 12.3 Å². The molecular weight excluding hydrogens is 219 g/mol. The van der Waals surface area contributed by atoms with Crippen molar-refractivity contribution in [3.8, 4) is 11.3 Å². The molecule has 1 aromatic carbocycles. The van der Waals surface area contributed by atoms with E-state index in [1.54, 1.807) is 18.3 Å². The topological polar surface area (TPSA) is 38.0 Å². The molecule has 90 valence electrons. The highest BCUT2D eigenvalue weighted by Gasteiger charge is 2.14. The van der Waals surface area contributed by atoms with E-state index in [0.29, 0.717) is 11.1 Å². The zero-order chi connectivity index (χ0) is 12.4. The lowest BCUT2D eigenvalue weighted by Gasteiger charge is -2.13. The number of halogens is 1. The van der Waals surface area contributed by atoms with Crippen LogP contribution in [-0.4, -0.2) is 14.9 Å². The van der Waals surface area contributed by atoms with E-state index in [1.165, 1.54) is 6.07 Å². The molecule has 0 radical (unpaired) electrons. The summed E-state index contributed by atoms with van der Waals surface area (Å²) in [6.07, 6.45) is 1.68. The maximum absolute atomic E-state index is 13.6.